The third-order valence-electron chi connectivity index (χ3n) is 5.75. The standard InChI is InChI=1S/C22H27ClN6O2/c1-14-19-15(2)29(18-8-6-17(23)7-9-18)27-20(19)21(26-25-14)28-11-4-5-16(13-28)22(30)24-10-12-31-3/h6-9,16H,4-5,10-13H2,1-3H3,(H,24,30). The summed E-state index contributed by atoms with van der Waals surface area (Å²) in [6, 6.07) is 7.59. The topological polar surface area (TPSA) is 85.2 Å². The molecular formula is C22H27ClN6O2. The molecule has 2 aromatic heterocycles. The molecule has 1 saturated heterocycles. The SMILES string of the molecule is COCCNC(=O)C1CCCN(c2nnc(C)c3c(C)n(-c4ccc(Cl)cc4)nc23)C1. The lowest BCUT2D eigenvalue weighted by atomic mass is 9.97. The number of aryl methyl sites for hydroxylation is 2. The van der Waals surface area contributed by atoms with Gasteiger partial charge in [0.15, 0.2) is 5.82 Å². The molecule has 1 aliphatic heterocycles. The van der Waals surface area contributed by atoms with Crippen molar-refractivity contribution in [3.8, 4) is 5.69 Å². The Hall–Kier alpha value is -2.71. The second kappa shape index (κ2) is 9.20. The Kier molecular flexibility index (Phi) is 6.38. The van der Waals surface area contributed by atoms with Crippen LogP contribution >= 0.6 is 11.6 Å². The highest BCUT2D eigenvalue weighted by Gasteiger charge is 2.29. The van der Waals surface area contributed by atoms with Crippen molar-refractivity contribution in [2.75, 3.05) is 38.3 Å². The molecule has 164 valence electrons. The van der Waals surface area contributed by atoms with Crippen LogP contribution in [-0.4, -0.2) is 59.2 Å². The van der Waals surface area contributed by atoms with E-state index in [0.717, 1.165) is 53.2 Å². The molecule has 9 heteroatoms. The van der Waals surface area contributed by atoms with Gasteiger partial charge in [0.05, 0.1) is 35.0 Å². The molecule has 0 bridgehead atoms. The number of nitrogens with one attached hydrogen (secondary N) is 1. The van der Waals surface area contributed by atoms with Crippen LogP contribution in [0.3, 0.4) is 0 Å². The number of hydrogen-bond donors (Lipinski definition) is 1. The lowest BCUT2D eigenvalue weighted by molar-refractivity contribution is -0.125. The number of nitrogens with zero attached hydrogens (tertiary/aromatic N) is 5. The molecule has 0 radical (unpaired) electrons. The number of amides is 1. The van der Waals surface area contributed by atoms with Gasteiger partial charge in [0.2, 0.25) is 5.91 Å². The summed E-state index contributed by atoms with van der Waals surface area (Å²) in [5.41, 5.74) is 3.57. The number of ether oxygens (including phenoxy) is 1. The Labute approximate surface area is 186 Å². The summed E-state index contributed by atoms with van der Waals surface area (Å²) in [6.45, 7) is 6.42. The predicted octanol–water partition coefficient (Wildman–Crippen LogP) is 3.06. The second-order valence-corrected chi connectivity index (χ2v) is 8.31. The molecule has 3 aromatic rings. The minimum atomic E-state index is -0.0943. The monoisotopic (exact) mass is 442 g/mol. The van der Waals surface area contributed by atoms with Crippen molar-refractivity contribution >= 4 is 34.2 Å². The fraction of sp³-hybridized carbons (Fsp3) is 0.455. The molecule has 1 unspecified atom stereocenters. The summed E-state index contributed by atoms with van der Waals surface area (Å²) in [6.07, 6.45) is 1.77. The van der Waals surface area contributed by atoms with Crippen LogP contribution in [0.1, 0.15) is 24.2 Å². The van der Waals surface area contributed by atoms with E-state index in [-0.39, 0.29) is 11.8 Å². The first-order chi connectivity index (χ1) is 15.0. The van der Waals surface area contributed by atoms with Gasteiger partial charge >= 0.3 is 0 Å². The van der Waals surface area contributed by atoms with Crippen molar-refractivity contribution in [1.29, 1.82) is 0 Å². The van der Waals surface area contributed by atoms with E-state index in [1.54, 1.807) is 7.11 Å². The van der Waals surface area contributed by atoms with Crippen molar-refractivity contribution in [2.45, 2.75) is 26.7 Å². The Balaban J connectivity index is 1.66. The van der Waals surface area contributed by atoms with Gasteiger partial charge in [0.1, 0.15) is 5.52 Å². The van der Waals surface area contributed by atoms with Crippen molar-refractivity contribution in [2.24, 2.45) is 5.92 Å². The number of anilines is 1. The highest BCUT2D eigenvalue weighted by Crippen LogP contribution is 2.31. The third kappa shape index (κ3) is 4.36. The molecule has 8 nitrogen and oxygen atoms in total. The number of carbonyl (C=O) groups excluding carboxylic acids is 1. The van der Waals surface area contributed by atoms with Crippen LogP contribution in [0.15, 0.2) is 24.3 Å². The van der Waals surface area contributed by atoms with Gasteiger partial charge in [-0.3, -0.25) is 4.79 Å². The molecule has 1 N–H and O–H groups in total. The van der Waals surface area contributed by atoms with E-state index < -0.39 is 0 Å². The molecule has 1 aliphatic rings. The number of aromatic nitrogens is 4. The Morgan fingerprint density at radius 3 is 2.77 bits per heavy atom. The molecule has 1 aromatic carbocycles. The van der Waals surface area contributed by atoms with Gasteiger partial charge < -0.3 is 15.0 Å². The smallest absolute Gasteiger partial charge is 0.224 e. The van der Waals surface area contributed by atoms with E-state index >= 15 is 0 Å². The summed E-state index contributed by atoms with van der Waals surface area (Å²) >= 11 is 6.05. The maximum atomic E-state index is 12.6. The van der Waals surface area contributed by atoms with Crippen LogP contribution in [0.2, 0.25) is 5.02 Å². The largest absolute Gasteiger partial charge is 0.383 e. The molecular weight excluding hydrogens is 416 g/mol. The zero-order chi connectivity index (χ0) is 22.0. The molecule has 0 spiro atoms. The van der Waals surface area contributed by atoms with E-state index in [9.17, 15) is 4.79 Å². The highest BCUT2D eigenvalue weighted by atomic mass is 35.5. The lowest BCUT2D eigenvalue weighted by Gasteiger charge is -2.32. The molecule has 3 heterocycles. The molecule has 0 aliphatic carbocycles. The number of hydrogen-bond acceptors (Lipinski definition) is 6. The van der Waals surface area contributed by atoms with Crippen LogP contribution in [0, 0.1) is 19.8 Å². The van der Waals surface area contributed by atoms with E-state index in [4.69, 9.17) is 21.4 Å². The number of carbonyl (C=O) groups is 1. The van der Waals surface area contributed by atoms with Gasteiger partial charge in [-0.2, -0.15) is 10.2 Å². The quantitative estimate of drug-likeness (QED) is 0.590. The zero-order valence-electron chi connectivity index (χ0n) is 18.1. The highest BCUT2D eigenvalue weighted by molar-refractivity contribution is 6.30. The molecule has 0 saturated carbocycles. The van der Waals surface area contributed by atoms with Gasteiger partial charge in [-0.15, -0.1) is 5.10 Å². The van der Waals surface area contributed by atoms with Crippen LogP contribution in [-0.2, 0) is 9.53 Å². The van der Waals surface area contributed by atoms with Crippen LogP contribution in [0.5, 0.6) is 0 Å². The predicted molar refractivity (Wildman–Crippen MR) is 121 cm³/mol. The number of fused-ring (bicyclic) bond motifs is 1. The van der Waals surface area contributed by atoms with Gasteiger partial charge in [-0.1, -0.05) is 11.6 Å². The Bertz CT molecular complexity index is 1080. The molecule has 4 rings (SSSR count). The van der Waals surface area contributed by atoms with Crippen molar-refractivity contribution in [1.82, 2.24) is 25.3 Å². The first kappa shape index (κ1) is 21.5. The van der Waals surface area contributed by atoms with Crippen LogP contribution in [0.25, 0.3) is 16.6 Å². The fourth-order valence-corrected chi connectivity index (χ4v) is 4.29. The fourth-order valence-electron chi connectivity index (χ4n) is 4.16. The van der Waals surface area contributed by atoms with Crippen molar-refractivity contribution in [3.63, 3.8) is 0 Å². The third-order valence-corrected chi connectivity index (χ3v) is 6.00. The average Bonchev–Trinajstić information content (AvgIpc) is 3.13. The average molecular weight is 443 g/mol. The first-order valence-electron chi connectivity index (χ1n) is 10.5. The van der Waals surface area contributed by atoms with E-state index in [2.05, 4.69) is 20.4 Å². The van der Waals surface area contributed by atoms with E-state index in [0.29, 0.717) is 24.7 Å². The molecule has 1 amide bonds. The van der Waals surface area contributed by atoms with E-state index in [1.165, 1.54) is 0 Å². The number of halogens is 1. The summed E-state index contributed by atoms with van der Waals surface area (Å²) in [5.74, 6) is 0.690. The minimum absolute atomic E-state index is 0.0564. The van der Waals surface area contributed by atoms with Crippen LogP contribution < -0.4 is 10.2 Å². The van der Waals surface area contributed by atoms with Gasteiger partial charge in [0.25, 0.3) is 0 Å². The van der Waals surface area contributed by atoms with Crippen molar-refractivity contribution in [3.05, 3.63) is 40.7 Å². The number of benzene rings is 1. The summed E-state index contributed by atoms with van der Waals surface area (Å²) in [4.78, 5) is 14.7. The molecule has 31 heavy (non-hydrogen) atoms. The van der Waals surface area contributed by atoms with Crippen LogP contribution in [0.4, 0.5) is 5.82 Å². The summed E-state index contributed by atoms with van der Waals surface area (Å²) in [7, 11) is 1.63. The molecule has 1 atom stereocenters. The van der Waals surface area contributed by atoms with Gasteiger partial charge in [0, 0.05) is 31.8 Å². The van der Waals surface area contributed by atoms with E-state index in [1.807, 2.05) is 42.8 Å². The number of piperidine rings is 1. The normalized spacial score (nSPS) is 16.6. The maximum Gasteiger partial charge on any atom is 0.224 e. The van der Waals surface area contributed by atoms with Gasteiger partial charge in [-0.05, 0) is 51.0 Å². The minimum Gasteiger partial charge on any atom is -0.383 e. The first-order valence-corrected chi connectivity index (χ1v) is 10.9. The zero-order valence-corrected chi connectivity index (χ0v) is 18.8. The number of methoxy groups -OCH3 is 1. The summed E-state index contributed by atoms with van der Waals surface area (Å²) < 4.78 is 6.93. The second-order valence-electron chi connectivity index (χ2n) is 7.88. The lowest BCUT2D eigenvalue weighted by Crippen LogP contribution is -2.44. The van der Waals surface area contributed by atoms with Gasteiger partial charge in [-0.25, -0.2) is 4.68 Å². The number of rotatable bonds is 6. The Morgan fingerprint density at radius 1 is 1.26 bits per heavy atom. The molecule has 1 fully saturated rings. The van der Waals surface area contributed by atoms with Crippen molar-refractivity contribution < 1.29 is 9.53 Å². The summed E-state index contributed by atoms with van der Waals surface area (Å²) in [5, 5.41) is 18.4. The maximum absolute atomic E-state index is 12.6. The Morgan fingerprint density at radius 2 is 2.03 bits per heavy atom.